The third-order valence-corrected chi connectivity index (χ3v) is 4.37. The minimum atomic E-state index is -1.24. The van der Waals surface area contributed by atoms with Crippen molar-refractivity contribution in [2.75, 3.05) is 13.2 Å². The van der Waals surface area contributed by atoms with Crippen LogP contribution in [0.4, 0.5) is 4.79 Å². The average Bonchev–Trinajstić information content (AvgIpc) is 2.63. The fourth-order valence-electron chi connectivity index (χ4n) is 3.10. The van der Waals surface area contributed by atoms with Gasteiger partial charge in [-0.2, -0.15) is 0 Å². The quantitative estimate of drug-likeness (QED) is 0.565. The summed E-state index contributed by atoms with van der Waals surface area (Å²) < 4.78 is 5.22. The van der Waals surface area contributed by atoms with Crippen LogP contribution in [0.3, 0.4) is 0 Å². The molecule has 1 rings (SSSR count). The van der Waals surface area contributed by atoms with Crippen molar-refractivity contribution >= 4 is 17.9 Å². The summed E-state index contributed by atoms with van der Waals surface area (Å²) in [5.41, 5.74) is 0.407. The number of nitrogens with one attached hydrogen (secondary N) is 2. The maximum Gasteiger partial charge on any atom is 0.408 e. The van der Waals surface area contributed by atoms with Gasteiger partial charge in [0.25, 0.3) is 0 Å². The summed E-state index contributed by atoms with van der Waals surface area (Å²) in [6.07, 6.45) is -0.228. The lowest BCUT2D eigenvalue weighted by molar-refractivity contribution is -0.143. The number of nitrogens with zero attached hydrogens (tertiary/aromatic N) is 1. The van der Waals surface area contributed by atoms with Gasteiger partial charge in [-0.05, 0) is 60.5 Å². The van der Waals surface area contributed by atoms with Crippen LogP contribution < -0.4 is 10.6 Å². The number of hydrogen-bond donors (Lipinski definition) is 3. The minimum absolute atomic E-state index is 0.265. The van der Waals surface area contributed by atoms with Crippen LogP contribution in [-0.2, 0) is 14.3 Å². The predicted octanol–water partition coefficient (Wildman–Crippen LogP) is 3.08. The van der Waals surface area contributed by atoms with E-state index < -0.39 is 41.8 Å². The Labute approximate surface area is 191 Å². The number of alkyl carbamates (subject to hydrolysis) is 1. The van der Waals surface area contributed by atoms with Crippen LogP contribution >= 0.6 is 0 Å². The Balaban J connectivity index is 3.32. The molecule has 180 valence electrons. The molecular formula is C24H39N3O5. The summed E-state index contributed by atoms with van der Waals surface area (Å²) in [4.78, 5) is 40.4. The van der Waals surface area contributed by atoms with E-state index in [4.69, 9.17) is 4.74 Å². The van der Waals surface area contributed by atoms with Gasteiger partial charge in [0.1, 0.15) is 17.7 Å². The van der Waals surface area contributed by atoms with Crippen molar-refractivity contribution in [1.82, 2.24) is 15.5 Å². The molecule has 3 amide bonds. The Hall–Kier alpha value is -2.61. The minimum Gasteiger partial charge on any atom is -0.444 e. The van der Waals surface area contributed by atoms with Gasteiger partial charge < -0.3 is 25.4 Å². The first-order chi connectivity index (χ1) is 14.7. The van der Waals surface area contributed by atoms with Crippen LogP contribution in [0.25, 0.3) is 0 Å². The van der Waals surface area contributed by atoms with Gasteiger partial charge in [0.2, 0.25) is 11.8 Å². The largest absolute Gasteiger partial charge is 0.444 e. The van der Waals surface area contributed by atoms with E-state index in [1.54, 1.807) is 20.8 Å². The molecule has 0 saturated carbocycles. The van der Waals surface area contributed by atoms with E-state index >= 15 is 0 Å². The standard InChI is InChI=1S/C24H39N3O5/c1-9-14-27(21(30)18(15-28)25-22(31)32-24(6,7)8)19(20(29)26-23(3,4)5)17-12-10-16(2)11-13-17/h10-13,18-19,28H,9,14-15H2,1-8H3,(H,25,31)(H,26,29). The van der Waals surface area contributed by atoms with E-state index in [-0.39, 0.29) is 12.5 Å². The second kappa shape index (κ2) is 11.3. The monoisotopic (exact) mass is 449 g/mol. The summed E-state index contributed by atoms with van der Waals surface area (Å²) in [6.45, 7) is 14.2. The lowest BCUT2D eigenvalue weighted by Gasteiger charge is -2.35. The highest BCUT2D eigenvalue weighted by molar-refractivity contribution is 5.92. The Morgan fingerprint density at radius 3 is 2.06 bits per heavy atom. The van der Waals surface area contributed by atoms with Crippen molar-refractivity contribution in [3.63, 3.8) is 0 Å². The zero-order valence-corrected chi connectivity index (χ0v) is 20.6. The Morgan fingerprint density at radius 1 is 1.06 bits per heavy atom. The SMILES string of the molecule is CCCN(C(=O)C(CO)NC(=O)OC(C)(C)C)C(C(=O)NC(C)(C)C)c1ccc(C)cc1. The molecule has 1 aromatic carbocycles. The van der Waals surface area contributed by atoms with E-state index in [1.165, 1.54) is 4.90 Å². The molecule has 8 heteroatoms. The van der Waals surface area contributed by atoms with Crippen LogP contribution in [0.2, 0.25) is 0 Å². The molecule has 8 nitrogen and oxygen atoms in total. The van der Waals surface area contributed by atoms with E-state index in [9.17, 15) is 19.5 Å². The summed E-state index contributed by atoms with van der Waals surface area (Å²) in [7, 11) is 0. The number of carbonyl (C=O) groups is 3. The van der Waals surface area contributed by atoms with Gasteiger partial charge in [-0.25, -0.2) is 4.79 Å². The Bertz CT molecular complexity index is 778. The highest BCUT2D eigenvalue weighted by Gasteiger charge is 2.36. The van der Waals surface area contributed by atoms with Gasteiger partial charge in [0, 0.05) is 12.1 Å². The summed E-state index contributed by atoms with van der Waals surface area (Å²) in [5.74, 6) is -0.896. The predicted molar refractivity (Wildman–Crippen MR) is 124 cm³/mol. The topological polar surface area (TPSA) is 108 Å². The number of amides is 3. The molecule has 0 saturated heterocycles. The second-order valence-electron chi connectivity index (χ2n) is 9.97. The number of hydrogen-bond acceptors (Lipinski definition) is 5. The van der Waals surface area contributed by atoms with E-state index in [1.807, 2.05) is 58.9 Å². The smallest absolute Gasteiger partial charge is 0.408 e. The average molecular weight is 450 g/mol. The first kappa shape index (κ1) is 27.4. The van der Waals surface area contributed by atoms with Gasteiger partial charge in [-0.1, -0.05) is 36.8 Å². The molecular weight excluding hydrogens is 410 g/mol. The van der Waals surface area contributed by atoms with E-state index in [0.29, 0.717) is 12.0 Å². The second-order valence-corrected chi connectivity index (χ2v) is 9.97. The van der Waals surface area contributed by atoms with Crippen molar-refractivity contribution in [1.29, 1.82) is 0 Å². The van der Waals surface area contributed by atoms with Gasteiger partial charge in [0.05, 0.1) is 6.61 Å². The molecule has 0 heterocycles. The Morgan fingerprint density at radius 2 is 1.62 bits per heavy atom. The van der Waals surface area contributed by atoms with Gasteiger partial charge >= 0.3 is 6.09 Å². The maximum atomic E-state index is 13.4. The van der Waals surface area contributed by atoms with Gasteiger partial charge in [-0.15, -0.1) is 0 Å². The van der Waals surface area contributed by atoms with Gasteiger partial charge in [-0.3, -0.25) is 9.59 Å². The van der Waals surface area contributed by atoms with Crippen LogP contribution in [0.15, 0.2) is 24.3 Å². The number of benzene rings is 1. The normalized spacial score (nSPS) is 13.7. The molecule has 2 atom stereocenters. The first-order valence-corrected chi connectivity index (χ1v) is 11.0. The number of carbonyl (C=O) groups excluding carboxylic acids is 3. The van der Waals surface area contributed by atoms with Crippen molar-refractivity contribution in [3.05, 3.63) is 35.4 Å². The molecule has 3 N–H and O–H groups in total. The number of aryl methyl sites for hydroxylation is 1. The molecule has 0 fully saturated rings. The van der Waals surface area contributed by atoms with Crippen LogP contribution in [-0.4, -0.2) is 58.2 Å². The third kappa shape index (κ3) is 8.86. The van der Waals surface area contributed by atoms with Crippen LogP contribution in [0.1, 0.15) is 72.1 Å². The molecule has 0 aliphatic rings. The molecule has 0 spiro atoms. The zero-order valence-electron chi connectivity index (χ0n) is 20.6. The molecule has 0 aliphatic heterocycles. The zero-order chi connectivity index (χ0) is 24.7. The van der Waals surface area contributed by atoms with Crippen molar-refractivity contribution in [2.24, 2.45) is 0 Å². The van der Waals surface area contributed by atoms with Crippen molar-refractivity contribution in [2.45, 2.75) is 85.0 Å². The summed E-state index contributed by atoms with van der Waals surface area (Å²) in [5, 5.41) is 15.2. The summed E-state index contributed by atoms with van der Waals surface area (Å²) >= 11 is 0. The Kier molecular flexibility index (Phi) is 9.70. The third-order valence-electron chi connectivity index (χ3n) is 4.37. The summed E-state index contributed by atoms with van der Waals surface area (Å²) in [6, 6.07) is 5.22. The number of rotatable bonds is 8. The first-order valence-electron chi connectivity index (χ1n) is 11.0. The van der Waals surface area contributed by atoms with Crippen LogP contribution in [0, 0.1) is 6.92 Å². The molecule has 0 aliphatic carbocycles. The highest BCUT2D eigenvalue weighted by Crippen LogP contribution is 2.24. The molecule has 0 bridgehead atoms. The number of aliphatic hydroxyl groups excluding tert-OH is 1. The molecule has 0 radical (unpaired) electrons. The lowest BCUT2D eigenvalue weighted by Crippen LogP contribution is -2.55. The fraction of sp³-hybridized carbons (Fsp3) is 0.625. The van der Waals surface area contributed by atoms with E-state index in [2.05, 4.69) is 10.6 Å². The van der Waals surface area contributed by atoms with E-state index in [0.717, 1.165) is 5.56 Å². The number of ether oxygens (including phenoxy) is 1. The van der Waals surface area contributed by atoms with Crippen molar-refractivity contribution < 1.29 is 24.2 Å². The van der Waals surface area contributed by atoms with Crippen molar-refractivity contribution in [3.8, 4) is 0 Å². The maximum absolute atomic E-state index is 13.4. The molecule has 32 heavy (non-hydrogen) atoms. The number of aliphatic hydroxyl groups is 1. The molecule has 0 aromatic heterocycles. The van der Waals surface area contributed by atoms with Gasteiger partial charge in [0.15, 0.2) is 0 Å². The van der Waals surface area contributed by atoms with Crippen LogP contribution in [0.5, 0.6) is 0 Å². The fourth-order valence-corrected chi connectivity index (χ4v) is 3.10. The molecule has 2 unspecified atom stereocenters. The molecule has 1 aromatic rings. The lowest BCUT2D eigenvalue weighted by atomic mass is 9.99. The highest BCUT2D eigenvalue weighted by atomic mass is 16.6.